The molecule has 0 aliphatic heterocycles. The van der Waals surface area contributed by atoms with E-state index in [0.717, 1.165) is 42.4 Å². The lowest BCUT2D eigenvalue weighted by atomic mass is 10.1. The van der Waals surface area contributed by atoms with Gasteiger partial charge in [-0.1, -0.05) is 12.1 Å². The number of rotatable bonds is 6. The highest BCUT2D eigenvalue weighted by molar-refractivity contribution is 5.79. The topological polar surface area (TPSA) is 74.5 Å². The van der Waals surface area contributed by atoms with Crippen molar-refractivity contribution in [1.82, 2.24) is 20.4 Å². The van der Waals surface area contributed by atoms with Crippen LogP contribution < -0.4 is 10.6 Å². The van der Waals surface area contributed by atoms with Gasteiger partial charge in [-0.25, -0.2) is 4.99 Å². The zero-order valence-corrected chi connectivity index (χ0v) is 14.9. The number of phenolic OH excluding ortho intramolecular Hbond substituents is 1. The summed E-state index contributed by atoms with van der Waals surface area (Å²) in [6, 6.07) is 7.33. The predicted octanol–water partition coefficient (Wildman–Crippen LogP) is 2.04. The van der Waals surface area contributed by atoms with Crippen molar-refractivity contribution in [3.63, 3.8) is 0 Å². The molecule has 0 unspecified atom stereocenters. The Morgan fingerprint density at radius 1 is 1.29 bits per heavy atom. The molecule has 130 valence electrons. The van der Waals surface area contributed by atoms with Gasteiger partial charge < -0.3 is 15.7 Å². The second kappa shape index (κ2) is 8.38. The van der Waals surface area contributed by atoms with E-state index < -0.39 is 0 Å². The van der Waals surface area contributed by atoms with Crippen LogP contribution in [-0.4, -0.2) is 33.9 Å². The molecule has 0 aliphatic carbocycles. The van der Waals surface area contributed by atoms with Crippen LogP contribution in [0.1, 0.15) is 29.4 Å². The van der Waals surface area contributed by atoms with E-state index in [1.165, 1.54) is 5.56 Å². The fourth-order valence-electron chi connectivity index (χ4n) is 2.58. The molecule has 2 aromatic rings. The highest BCUT2D eigenvalue weighted by atomic mass is 16.3. The Kier molecular flexibility index (Phi) is 6.23. The number of phenols is 1. The highest BCUT2D eigenvalue weighted by Gasteiger charge is 2.08. The van der Waals surface area contributed by atoms with Gasteiger partial charge in [-0.2, -0.15) is 5.10 Å². The number of nitrogens with zero attached hydrogens (tertiary/aromatic N) is 3. The number of hydrogen-bond acceptors (Lipinski definition) is 3. The summed E-state index contributed by atoms with van der Waals surface area (Å²) in [6.07, 6.45) is 0.823. The van der Waals surface area contributed by atoms with E-state index in [4.69, 9.17) is 0 Å². The van der Waals surface area contributed by atoms with Crippen molar-refractivity contribution < 1.29 is 5.11 Å². The van der Waals surface area contributed by atoms with Gasteiger partial charge in [0.05, 0.1) is 12.2 Å². The number of aromatic nitrogens is 2. The van der Waals surface area contributed by atoms with E-state index >= 15 is 0 Å². The van der Waals surface area contributed by atoms with Crippen LogP contribution in [0.25, 0.3) is 0 Å². The maximum Gasteiger partial charge on any atom is 0.191 e. The van der Waals surface area contributed by atoms with Gasteiger partial charge in [0.1, 0.15) is 5.75 Å². The zero-order chi connectivity index (χ0) is 17.5. The number of guanidine groups is 1. The maximum absolute atomic E-state index is 9.51. The smallest absolute Gasteiger partial charge is 0.191 e. The molecule has 0 spiro atoms. The third-order valence-corrected chi connectivity index (χ3v) is 4.02. The minimum absolute atomic E-state index is 0.301. The second-order valence-electron chi connectivity index (χ2n) is 5.81. The van der Waals surface area contributed by atoms with Crippen molar-refractivity contribution in [3.05, 3.63) is 46.8 Å². The van der Waals surface area contributed by atoms with Gasteiger partial charge in [-0.05, 0) is 44.9 Å². The summed E-state index contributed by atoms with van der Waals surface area (Å²) >= 11 is 0. The van der Waals surface area contributed by atoms with Gasteiger partial charge >= 0.3 is 0 Å². The van der Waals surface area contributed by atoms with Crippen LogP contribution in [-0.2, 0) is 20.0 Å². The van der Waals surface area contributed by atoms with Crippen LogP contribution >= 0.6 is 0 Å². The van der Waals surface area contributed by atoms with E-state index in [9.17, 15) is 5.11 Å². The molecular formula is C18H27N5O. The standard InChI is InChI=1S/C18H27N5O/c1-5-19-18(20-10-9-15-7-6-8-16(24)11-15)21-12-17-13(2)22-23(4)14(17)3/h6-8,11,24H,5,9-10,12H2,1-4H3,(H2,19,20,21). The summed E-state index contributed by atoms with van der Waals surface area (Å²) in [6.45, 7) is 8.29. The first-order valence-electron chi connectivity index (χ1n) is 8.30. The fraction of sp³-hybridized carbons (Fsp3) is 0.444. The van der Waals surface area contributed by atoms with Crippen molar-refractivity contribution in [2.45, 2.75) is 33.7 Å². The lowest BCUT2D eigenvalue weighted by Crippen LogP contribution is -2.38. The summed E-state index contributed by atoms with van der Waals surface area (Å²) in [5, 5.41) is 20.5. The molecule has 0 radical (unpaired) electrons. The van der Waals surface area contributed by atoms with E-state index in [2.05, 4.69) is 27.6 Å². The number of benzene rings is 1. The van der Waals surface area contributed by atoms with Crippen LogP contribution in [0.4, 0.5) is 0 Å². The zero-order valence-electron chi connectivity index (χ0n) is 14.9. The first-order valence-corrected chi connectivity index (χ1v) is 8.30. The summed E-state index contributed by atoms with van der Waals surface area (Å²) in [5.74, 6) is 1.09. The van der Waals surface area contributed by atoms with Gasteiger partial charge in [0, 0.05) is 31.4 Å². The van der Waals surface area contributed by atoms with E-state index in [1.54, 1.807) is 12.1 Å². The van der Waals surface area contributed by atoms with Crippen molar-refractivity contribution in [3.8, 4) is 5.75 Å². The average molecular weight is 329 g/mol. The first kappa shape index (κ1) is 17.8. The molecule has 0 atom stereocenters. The first-order chi connectivity index (χ1) is 11.5. The average Bonchev–Trinajstić information content (AvgIpc) is 2.78. The summed E-state index contributed by atoms with van der Waals surface area (Å²) in [4.78, 5) is 4.66. The molecule has 1 aromatic carbocycles. The quantitative estimate of drug-likeness (QED) is 0.560. The SMILES string of the molecule is CCNC(=NCc1c(C)nn(C)c1C)NCCc1cccc(O)c1. The van der Waals surface area contributed by atoms with Crippen LogP contribution in [0.2, 0.25) is 0 Å². The van der Waals surface area contributed by atoms with Crippen LogP contribution in [0.5, 0.6) is 5.75 Å². The number of aromatic hydroxyl groups is 1. The van der Waals surface area contributed by atoms with Crippen LogP contribution in [0, 0.1) is 13.8 Å². The minimum atomic E-state index is 0.301. The fourth-order valence-corrected chi connectivity index (χ4v) is 2.58. The maximum atomic E-state index is 9.51. The van der Waals surface area contributed by atoms with E-state index in [-0.39, 0.29) is 0 Å². The molecule has 0 aliphatic rings. The third-order valence-electron chi connectivity index (χ3n) is 4.02. The molecule has 6 nitrogen and oxygen atoms in total. The van der Waals surface area contributed by atoms with Gasteiger partial charge in [0.15, 0.2) is 5.96 Å². The number of nitrogens with one attached hydrogen (secondary N) is 2. The Hall–Kier alpha value is -2.50. The Morgan fingerprint density at radius 3 is 2.71 bits per heavy atom. The van der Waals surface area contributed by atoms with Crippen molar-refractivity contribution in [1.29, 1.82) is 0 Å². The molecule has 1 heterocycles. The number of aryl methyl sites for hydroxylation is 2. The molecular weight excluding hydrogens is 302 g/mol. The summed E-state index contributed by atoms with van der Waals surface area (Å²) in [5.41, 5.74) is 4.43. The number of hydrogen-bond donors (Lipinski definition) is 3. The molecule has 0 bridgehead atoms. The van der Waals surface area contributed by atoms with E-state index in [0.29, 0.717) is 12.3 Å². The Labute approximate surface area is 143 Å². The Morgan fingerprint density at radius 2 is 2.08 bits per heavy atom. The molecule has 24 heavy (non-hydrogen) atoms. The molecule has 0 amide bonds. The van der Waals surface area contributed by atoms with Crippen LogP contribution in [0.3, 0.4) is 0 Å². The lowest BCUT2D eigenvalue weighted by molar-refractivity contribution is 0.474. The second-order valence-corrected chi connectivity index (χ2v) is 5.81. The van der Waals surface area contributed by atoms with Gasteiger partial charge in [0.2, 0.25) is 0 Å². The van der Waals surface area contributed by atoms with Gasteiger partial charge in [0.25, 0.3) is 0 Å². The molecule has 0 saturated carbocycles. The van der Waals surface area contributed by atoms with Gasteiger partial charge in [-0.3, -0.25) is 4.68 Å². The lowest BCUT2D eigenvalue weighted by Gasteiger charge is -2.11. The van der Waals surface area contributed by atoms with Crippen LogP contribution in [0.15, 0.2) is 29.3 Å². The van der Waals surface area contributed by atoms with Crippen molar-refractivity contribution >= 4 is 5.96 Å². The molecule has 3 N–H and O–H groups in total. The number of aliphatic imine (C=N–C) groups is 1. The molecule has 0 saturated heterocycles. The normalized spacial score (nSPS) is 11.6. The Bertz CT molecular complexity index is 705. The molecule has 0 fully saturated rings. The monoisotopic (exact) mass is 329 g/mol. The van der Waals surface area contributed by atoms with Crippen molar-refractivity contribution in [2.75, 3.05) is 13.1 Å². The minimum Gasteiger partial charge on any atom is -0.508 e. The summed E-state index contributed by atoms with van der Waals surface area (Å²) in [7, 11) is 1.95. The van der Waals surface area contributed by atoms with E-state index in [1.807, 2.05) is 37.7 Å². The van der Waals surface area contributed by atoms with Crippen molar-refractivity contribution in [2.24, 2.45) is 12.0 Å². The summed E-state index contributed by atoms with van der Waals surface area (Å²) < 4.78 is 1.89. The Balaban J connectivity index is 1.95. The molecule has 2 rings (SSSR count). The third kappa shape index (κ3) is 4.75. The van der Waals surface area contributed by atoms with Gasteiger partial charge in [-0.15, -0.1) is 0 Å². The highest BCUT2D eigenvalue weighted by Crippen LogP contribution is 2.13. The molecule has 1 aromatic heterocycles. The largest absolute Gasteiger partial charge is 0.508 e. The predicted molar refractivity (Wildman–Crippen MR) is 97.3 cm³/mol. The molecule has 6 heteroatoms.